The lowest BCUT2D eigenvalue weighted by molar-refractivity contribution is 0.0766. The molecule has 0 bridgehead atoms. The van der Waals surface area contributed by atoms with E-state index in [1.165, 1.54) is 5.56 Å². The highest BCUT2D eigenvalue weighted by Crippen LogP contribution is 2.21. The van der Waals surface area contributed by atoms with Crippen molar-refractivity contribution in [2.24, 2.45) is 0 Å². The maximum atomic E-state index is 12.5. The first-order valence-electron chi connectivity index (χ1n) is 7.93. The zero-order valence-corrected chi connectivity index (χ0v) is 14.5. The summed E-state index contributed by atoms with van der Waals surface area (Å²) in [6.45, 7) is 11.2. The number of anilines is 2. The molecule has 1 heterocycles. The van der Waals surface area contributed by atoms with Crippen LogP contribution in [0, 0.1) is 20.8 Å². The van der Waals surface area contributed by atoms with Crippen molar-refractivity contribution in [3.05, 3.63) is 46.9 Å². The molecule has 1 aromatic heterocycles. The number of nitrogens with zero attached hydrogens (tertiary/aromatic N) is 3. The number of amides is 1. The van der Waals surface area contributed by atoms with E-state index in [-0.39, 0.29) is 5.91 Å². The summed E-state index contributed by atoms with van der Waals surface area (Å²) in [7, 11) is 0. The third kappa shape index (κ3) is 4.06. The summed E-state index contributed by atoms with van der Waals surface area (Å²) in [6.07, 6.45) is 0. The molecule has 1 amide bonds. The molecule has 2 aromatic rings. The van der Waals surface area contributed by atoms with E-state index in [1.54, 1.807) is 17.9 Å². The normalized spacial score (nSPS) is 10.5. The van der Waals surface area contributed by atoms with Crippen molar-refractivity contribution < 1.29 is 4.79 Å². The van der Waals surface area contributed by atoms with E-state index < -0.39 is 0 Å². The van der Waals surface area contributed by atoms with Crippen LogP contribution in [0.3, 0.4) is 0 Å². The van der Waals surface area contributed by atoms with Crippen molar-refractivity contribution >= 4 is 17.4 Å². The Morgan fingerprint density at radius 1 is 1.09 bits per heavy atom. The first-order valence-corrected chi connectivity index (χ1v) is 7.93. The molecule has 0 aliphatic heterocycles. The summed E-state index contributed by atoms with van der Waals surface area (Å²) in [6, 6.07) is 7.89. The maximum absolute atomic E-state index is 12.5. The van der Waals surface area contributed by atoms with Gasteiger partial charge in [0, 0.05) is 24.8 Å². The Bertz CT molecular complexity index is 708. The zero-order valence-electron chi connectivity index (χ0n) is 14.5. The monoisotopic (exact) mass is 312 g/mol. The number of hydrogen-bond acceptors (Lipinski definition) is 4. The average Bonchev–Trinajstić information content (AvgIpc) is 2.50. The largest absolute Gasteiger partial charge is 0.340 e. The summed E-state index contributed by atoms with van der Waals surface area (Å²) in [5.41, 5.74) is 3.76. The van der Waals surface area contributed by atoms with Gasteiger partial charge in [-0.15, -0.1) is 0 Å². The lowest BCUT2D eigenvalue weighted by Crippen LogP contribution is -2.31. The third-order valence-electron chi connectivity index (χ3n) is 3.75. The van der Waals surface area contributed by atoms with Crippen LogP contribution in [0.15, 0.2) is 24.3 Å². The molecule has 1 N–H and O–H groups in total. The highest BCUT2D eigenvalue weighted by atomic mass is 16.2. The van der Waals surface area contributed by atoms with E-state index in [0.29, 0.717) is 30.4 Å². The molecule has 0 fully saturated rings. The standard InChI is InChI=1S/C18H24N4O/c1-6-22(7-2)18(23)16-11-17(20-14(5)19-16)21-15-9-8-12(3)10-13(15)4/h8-11H,6-7H2,1-5H3,(H,19,20,21). The molecular weight excluding hydrogens is 288 g/mol. The molecule has 0 radical (unpaired) electrons. The van der Waals surface area contributed by atoms with Gasteiger partial charge in [-0.3, -0.25) is 4.79 Å². The summed E-state index contributed by atoms with van der Waals surface area (Å²) in [5.74, 6) is 1.15. The Morgan fingerprint density at radius 2 is 1.78 bits per heavy atom. The number of aryl methyl sites for hydroxylation is 3. The van der Waals surface area contributed by atoms with Crippen molar-refractivity contribution in [1.82, 2.24) is 14.9 Å². The molecule has 0 unspecified atom stereocenters. The topological polar surface area (TPSA) is 58.1 Å². The van der Waals surface area contributed by atoms with E-state index in [1.807, 2.05) is 32.9 Å². The van der Waals surface area contributed by atoms with Gasteiger partial charge in [-0.25, -0.2) is 9.97 Å². The molecule has 122 valence electrons. The highest BCUT2D eigenvalue weighted by Gasteiger charge is 2.16. The number of rotatable bonds is 5. The van der Waals surface area contributed by atoms with E-state index >= 15 is 0 Å². The van der Waals surface area contributed by atoms with Crippen LogP contribution in [0.25, 0.3) is 0 Å². The Labute approximate surface area is 137 Å². The minimum atomic E-state index is -0.0656. The van der Waals surface area contributed by atoms with E-state index in [9.17, 15) is 4.79 Å². The van der Waals surface area contributed by atoms with Crippen LogP contribution in [0.1, 0.15) is 41.3 Å². The van der Waals surface area contributed by atoms with Crippen LogP contribution in [0.4, 0.5) is 11.5 Å². The zero-order chi connectivity index (χ0) is 17.0. The molecule has 0 spiro atoms. The van der Waals surface area contributed by atoms with Crippen molar-refractivity contribution in [3.8, 4) is 0 Å². The predicted octanol–water partition coefficient (Wildman–Crippen LogP) is 3.63. The summed E-state index contributed by atoms with van der Waals surface area (Å²) in [4.78, 5) is 22.9. The average molecular weight is 312 g/mol. The van der Waals surface area contributed by atoms with Crippen LogP contribution in [-0.2, 0) is 0 Å². The number of carbonyl (C=O) groups is 1. The Hall–Kier alpha value is -2.43. The van der Waals surface area contributed by atoms with E-state index in [4.69, 9.17) is 0 Å². The van der Waals surface area contributed by atoms with Crippen LogP contribution < -0.4 is 5.32 Å². The minimum Gasteiger partial charge on any atom is -0.340 e. The van der Waals surface area contributed by atoms with Crippen molar-refractivity contribution in [1.29, 1.82) is 0 Å². The van der Waals surface area contributed by atoms with Crippen LogP contribution in [-0.4, -0.2) is 33.9 Å². The van der Waals surface area contributed by atoms with Gasteiger partial charge in [0.25, 0.3) is 5.91 Å². The second-order valence-corrected chi connectivity index (χ2v) is 5.61. The van der Waals surface area contributed by atoms with Crippen LogP contribution >= 0.6 is 0 Å². The molecule has 0 aliphatic carbocycles. The summed E-state index contributed by atoms with van der Waals surface area (Å²) in [5, 5.41) is 3.29. The molecule has 2 rings (SSSR count). The Balaban J connectivity index is 2.32. The molecule has 0 saturated heterocycles. The van der Waals surface area contributed by atoms with Gasteiger partial charge >= 0.3 is 0 Å². The SMILES string of the molecule is CCN(CC)C(=O)c1cc(Nc2ccc(C)cc2C)nc(C)n1. The van der Waals surface area contributed by atoms with Gasteiger partial charge in [0.1, 0.15) is 17.3 Å². The summed E-state index contributed by atoms with van der Waals surface area (Å²) < 4.78 is 0. The molecule has 0 aliphatic rings. The molecule has 1 aromatic carbocycles. The van der Waals surface area contributed by atoms with Crippen molar-refractivity contribution in [3.63, 3.8) is 0 Å². The van der Waals surface area contributed by atoms with Gasteiger partial charge in [-0.1, -0.05) is 17.7 Å². The lowest BCUT2D eigenvalue weighted by atomic mass is 10.1. The molecular formula is C18H24N4O. The van der Waals surface area contributed by atoms with Crippen molar-refractivity contribution in [2.75, 3.05) is 18.4 Å². The van der Waals surface area contributed by atoms with Crippen LogP contribution in [0.2, 0.25) is 0 Å². The number of hydrogen-bond donors (Lipinski definition) is 1. The smallest absolute Gasteiger partial charge is 0.272 e. The number of nitrogens with one attached hydrogen (secondary N) is 1. The fourth-order valence-corrected chi connectivity index (χ4v) is 2.51. The number of carbonyl (C=O) groups excluding carboxylic acids is 1. The second kappa shape index (κ2) is 7.22. The van der Waals surface area contributed by atoms with Gasteiger partial charge in [-0.2, -0.15) is 0 Å². The molecule has 5 heteroatoms. The van der Waals surface area contributed by atoms with Crippen molar-refractivity contribution in [2.45, 2.75) is 34.6 Å². The maximum Gasteiger partial charge on any atom is 0.272 e. The Kier molecular flexibility index (Phi) is 5.32. The van der Waals surface area contributed by atoms with Gasteiger partial charge < -0.3 is 10.2 Å². The third-order valence-corrected chi connectivity index (χ3v) is 3.75. The predicted molar refractivity (Wildman–Crippen MR) is 93.2 cm³/mol. The van der Waals surface area contributed by atoms with Gasteiger partial charge in [0.15, 0.2) is 0 Å². The molecule has 0 saturated carbocycles. The fourth-order valence-electron chi connectivity index (χ4n) is 2.51. The van der Waals surface area contributed by atoms with E-state index in [0.717, 1.165) is 11.3 Å². The van der Waals surface area contributed by atoms with Gasteiger partial charge in [0.05, 0.1) is 0 Å². The first kappa shape index (κ1) is 16.9. The molecule has 5 nitrogen and oxygen atoms in total. The quantitative estimate of drug-likeness (QED) is 0.916. The fraction of sp³-hybridized carbons (Fsp3) is 0.389. The van der Waals surface area contributed by atoms with Crippen LogP contribution in [0.5, 0.6) is 0 Å². The first-order chi connectivity index (χ1) is 10.9. The molecule has 0 atom stereocenters. The van der Waals surface area contributed by atoms with Gasteiger partial charge in [0.2, 0.25) is 0 Å². The number of benzene rings is 1. The summed E-state index contributed by atoms with van der Waals surface area (Å²) >= 11 is 0. The highest BCUT2D eigenvalue weighted by molar-refractivity contribution is 5.93. The van der Waals surface area contributed by atoms with E-state index in [2.05, 4.69) is 28.3 Å². The molecule has 23 heavy (non-hydrogen) atoms. The second-order valence-electron chi connectivity index (χ2n) is 5.61. The van der Waals surface area contributed by atoms with Gasteiger partial charge in [-0.05, 0) is 46.2 Å². The number of aromatic nitrogens is 2. The Morgan fingerprint density at radius 3 is 2.39 bits per heavy atom. The lowest BCUT2D eigenvalue weighted by Gasteiger charge is -2.18. The minimum absolute atomic E-state index is 0.0656.